The lowest BCUT2D eigenvalue weighted by atomic mass is 10.3. The number of fused-ring (bicyclic) bond motifs is 1. The molecule has 0 bridgehead atoms. The Morgan fingerprint density at radius 3 is 2.94 bits per heavy atom. The van der Waals surface area contributed by atoms with Gasteiger partial charge >= 0.3 is 0 Å². The number of nitrogens with one attached hydrogen (secondary N) is 3. The molecular formula is C12H18N5S+. The van der Waals surface area contributed by atoms with Gasteiger partial charge in [-0.1, -0.05) is 12.1 Å². The van der Waals surface area contributed by atoms with Crippen molar-refractivity contribution in [2.24, 2.45) is 0 Å². The van der Waals surface area contributed by atoms with E-state index in [2.05, 4.69) is 29.8 Å². The van der Waals surface area contributed by atoms with Gasteiger partial charge in [0.05, 0.1) is 38.2 Å². The van der Waals surface area contributed by atoms with Crippen molar-refractivity contribution in [1.29, 1.82) is 0 Å². The van der Waals surface area contributed by atoms with Crippen LogP contribution in [-0.4, -0.2) is 42.0 Å². The molecule has 6 heteroatoms. The number of benzene rings is 1. The fourth-order valence-electron chi connectivity index (χ4n) is 1.62. The molecule has 3 N–H and O–H groups in total. The van der Waals surface area contributed by atoms with E-state index >= 15 is 0 Å². The van der Waals surface area contributed by atoms with Crippen molar-refractivity contribution in [2.45, 2.75) is 0 Å². The molecule has 0 spiro atoms. The normalized spacial score (nSPS) is 10.8. The number of aromatic nitrogens is 2. The summed E-state index contributed by atoms with van der Waals surface area (Å²) in [6, 6.07) is 7.92. The number of quaternary nitrogens is 1. The lowest BCUT2D eigenvalue weighted by Crippen LogP contribution is -3.06. The maximum absolute atomic E-state index is 5.24. The van der Waals surface area contributed by atoms with Crippen LogP contribution in [0.4, 0.5) is 0 Å². The average molecular weight is 264 g/mol. The van der Waals surface area contributed by atoms with E-state index in [0.717, 1.165) is 24.1 Å². The molecule has 0 amide bonds. The molecule has 96 valence electrons. The maximum atomic E-state index is 5.24. The van der Waals surface area contributed by atoms with E-state index in [1.807, 2.05) is 28.9 Å². The standard InChI is InChI=1S/C12H17N5S/c1-16(2)8-7-13-12(18)15-17-9-14-10-5-3-4-6-11(10)17/h3-6,9H,7-8H2,1-2H3,(H2,13,15,18)/p+1. The minimum atomic E-state index is 0.611. The van der Waals surface area contributed by atoms with Crippen LogP contribution in [0.2, 0.25) is 0 Å². The molecule has 5 nitrogen and oxygen atoms in total. The van der Waals surface area contributed by atoms with Gasteiger partial charge in [-0.3, -0.25) is 5.43 Å². The zero-order valence-electron chi connectivity index (χ0n) is 10.6. The largest absolute Gasteiger partial charge is 0.356 e. The summed E-state index contributed by atoms with van der Waals surface area (Å²) >= 11 is 5.24. The van der Waals surface area contributed by atoms with Crippen molar-refractivity contribution in [3.63, 3.8) is 0 Å². The highest BCUT2D eigenvalue weighted by molar-refractivity contribution is 7.80. The van der Waals surface area contributed by atoms with Crippen LogP contribution in [0.5, 0.6) is 0 Å². The first-order valence-electron chi connectivity index (χ1n) is 5.93. The molecule has 1 aromatic heterocycles. The van der Waals surface area contributed by atoms with E-state index in [4.69, 9.17) is 12.2 Å². The quantitative estimate of drug-likeness (QED) is 0.658. The SMILES string of the molecule is C[NH+](C)CCNC(=S)Nn1cnc2ccccc21. The van der Waals surface area contributed by atoms with Crippen molar-refractivity contribution in [2.75, 3.05) is 32.6 Å². The first-order valence-corrected chi connectivity index (χ1v) is 6.33. The second-order valence-corrected chi connectivity index (χ2v) is 4.84. The van der Waals surface area contributed by atoms with Crippen molar-refractivity contribution in [3.8, 4) is 0 Å². The molecule has 0 saturated carbocycles. The second kappa shape index (κ2) is 5.79. The number of hydrogen-bond donors (Lipinski definition) is 3. The summed E-state index contributed by atoms with van der Waals surface area (Å²) in [6.45, 7) is 1.87. The number of hydrogen-bond acceptors (Lipinski definition) is 2. The molecular weight excluding hydrogens is 246 g/mol. The van der Waals surface area contributed by atoms with Crippen LogP contribution < -0.4 is 15.6 Å². The highest BCUT2D eigenvalue weighted by atomic mass is 32.1. The summed E-state index contributed by atoms with van der Waals surface area (Å²) in [7, 11) is 4.23. The average Bonchev–Trinajstić information content (AvgIpc) is 2.72. The molecule has 0 radical (unpaired) electrons. The summed E-state index contributed by atoms with van der Waals surface area (Å²) in [5, 5.41) is 3.78. The molecule has 1 aromatic carbocycles. The maximum Gasteiger partial charge on any atom is 0.185 e. The Kier molecular flexibility index (Phi) is 4.11. The Labute approximate surface area is 112 Å². The van der Waals surface area contributed by atoms with Gasteiger partial charge < -0.3 is 10.2 Å². The van der Waals surface area contributed by atoms with Crippen molar-refractivity contribution < 1.29 is 4.90 Å². The monoisotopic (exact) mass is 264 g/mol. The van der Waals surface area contributed by atoms with Crippen LogP contribution in [0.3, 0.4) is 0 Å². The molecule has 18 heavy (non-hydrogen) atoms. The Hall–Kier alpha value is -1.66. The third-order valence-corrected chi connectivity index (χ3v) is 2.82. The van der Waals surface area contributed by atoms with Gasteiger partial charge in [0.2, 0.25) is 0 Å². The number of rotatable bonds is 4. The van der Waals surface area contributed by atoms with Crippen molar-refractivity contribution in [3.05, 3.63) is 30.6 Å². The van der Waals surface area contributed by atoms with E-state index in [-0.39, 0.29) is 0 Å². The summed E-state index contributed by atoms with van der Waals surface area (Å²) < 4.78 is 1.83. The number of para-hydroxylation sites is 2. The first kappa shape index (κ1) is 12.8. The highest BCUT2D eigenvalue weighted by Gasteiger charge is 2.02. The van der Waals surface area contributed by atoms with Gasteiger partial charge in [0.25, 0.3) is 0 Å². The molecule has 0 aliphatic rings. The summed E-state index contributed by atoms with van der Waals surface area (Å²) in [5.41, 5.74) is 5.07. The van der Waals surface area contributed by atoms with Gasteiger partial charge in [-0.15, -0.1) is 0 Å². The van der Waals surface area contributed by atoms with Gasteiger partial charge in [-0.2, -0.15) is 0 Å². The molecule has 2 rings (SSSR count). The van der Waals surface area contributed by atoms with Crippen LogP contribution in [0.15, 0.2) is 30.6 Å². The lowest BCUT2D eigenvalue weighted by molar-refractivity contribution is -0.856. The van der Waals surface area contributed by atoms with Gasteiger partial charge in [0.1, 0.15) is 6.33 Å². The van der Waals surface area contributed by atoms with Crippen molar-refractivity contribution >= 4 is 28.4 Å². The van der Waals surface area contributed by atoms with E-state index in [1.54, 1.807) is 6.33 Å². The molecule has 0 saturated heterocycles. The van der Waals surface area contributed by atoms with Gasteiger partial charge in [0, 0.05) is 0 Å². The van der Waals surface area contributed by atoms with Crippen LogP contribution >= 0.6 is 12.2 Å². The first-order chi connectivity index (χ1) is 8.66. The smallest absolute Gasteiger partial charge is 0.185 e. The zero-order valence-corrected chi connectivity index (χ0v) is 11.4. The van der Waals surface area contributed by atoms with Gasteiger partial charge in [-0.25, -0.2) is 9.66 Å². The molecule has 0 atom stereocenters. The molecule has 0 aliphatic heterocycles. The third-order valence-electron chi connectivity index (χ3n) is 2.59. The van der Waals surface area contributed by atoms with E-state index < -0.39 is 0 Å². The van der Waals surface area contributed by atoms with E-state index in [0.29, 0.717) is 5.11 Å². The minimum Gasteiger partial charge on any atom is -0.356 e. The molecule has 2 aromatic rings. The second-order valence-electron chi connectivity index (χ2n) is 4.43. The van der Waals surface area contributed by atoms with Crippen molar-refractivity contribution in [1.82, 2.24) is 15.0 Å². The Morgan fingerprint density at radius 1 is 1.39 bits per heavy atom. The topological polar surface area (TPSA) is 46.3 Å². The predicted octanol–water partition coefficient (Wildman–Crippen LogP) is -0.401. The number of nitrogens with zero attached hydrogens (tertiary/aromatic N) is 2. The van der Waals surface area contributed by atoms with Crippen LogP contribution in [0.1, 0.15) is 0 Å². The summed E-state index contributed by atoms with van der Waals surface area (Å²) in [4.78, 5) is 5.68. The lowest BCUT2D eigenvalue weighted by Gasteiger charge is -2.12. The minimum absolute atomic E-state index is 0.611. The number of thiocarbonyl (C=S) groups is 1. The molecule has 1 heterocycles. The summed E-state index contributed by atoms with van der Waals surface area (Å²) in [6.07, 6.45) is 1.73. The molecule has 0 fully saturated rings. The fraction of sp³-hybridized carbons (Fsp3) is 0.333. The van der Waals surface area contributed by atoms with Crippen LogP contribution in [-0.2, 0) is 0 Å². The number of imidazole rings is 1. The summed E-state index contributed by atoms with van der Waals surface area (Å²) in [5.74, 6) is 0. The Balaban J connectivity index is 1.95. The Bertz CT molecular complexity index is 534. The fourth-order valence-corrected chi connectivity index (χ4v) is 1.82. The molecule has 0 unspecified atom stereocenters. The van der Waals surface area contributed by atoms with E-state index in [9.17, 15) is 0 Å². The van der Waals surface area contributed by atoms with E-state index in [1.165, 1.54) is 4.90 Å². The molecule has 0 aliphatic carbocycles. The highest BCUT2D eigenvalue weighted by Crippen LogP contribution is 2.09. The van der Waals surface area contributed by atoms with Gasteiger partial charge in [-0.05, 0) is 24.4 Å². The predicted molar refractivity (Wildman–Crippen MR) is 77.4 cm³/mol. The Morgan fingerprint density at radius 2 is 2.17 bits per heavy atom. The zero-order chi connectivity index (χ0) is 13.0. The van der Waals surface area contributed by atoms with Gasteiger partial charge in [0.15, 0.2) is 5.11 Å². The van der Waals surface area contributed by atoms with Crippen LogP contribution in [0, 0.1) is 0 Å². The number of likely N-dealkylation sites (N-methyl/N-ethyl adjacent to an activating group) is 1. The third kappa shape index (κ3) is 3.18. The van der Waals surface area contributed by atoms with Crippen LogP contribution in [0.25, 0.3) is 11.0 Å².